The Bertz CT molecular complexity index is 866. The van der Waals surface area contributed by atoms with Gasteiger partial charge in [-0.3, -0.25) is 4.79 Å². The molecule has 1 heterocycles. The number of hydrogen-bond donors (Lipinski definition) is 1. The first-order valence-corrected chi connectivity index (χ1v) is 10.3. The fourth-order valence-electron chi connectivity index (χ4n) is 3.18. The second-order valence-electron chi connectivity index (χ2n) is 6.78. The predicted octanol–water partition coefficient (Wildman–Crippen LogP) is 3.40. The van der Waals surface area contributed by atoms with Crippen molar-refractivity contribution in [2.75, 3.05) is 25.0 Å². The first kappa shape index (κ1) is 18.6. The van der Waals surface area contributed by atoms with E-state index in [4.69, 9.17) is 0 Å². The number of nitrogens with zero attached hydrogens (tertiary/aromatic N) is 1. The van der Waals surface area contributed by atoms with Crippen LogP contribution in [0.1, 0.15) is 30.1 Å². The topological polar surface area (TPSA) is 66.5 Å². The molecule has 138 valence electrons. The van der Waals surface area contributed by atoms with Gasteiger partial charge in [-0.1, -0.05) is 37.3 Å². The molecule has 2 aromatic carbocycles. The van der Waals surface area contributed by atoms with Crippen molar-refractivity contribution >= 4 is 21.5 Å². The lowest BCUT2D eigenvalue weighted by molar-refractivity contribution is 0.101. The molecule has 3 rings (SSSR count). The second-order valence-corrected chi connectivity index (χ2v) is 8.72. The largest absolute Gasteiger partial charge is 0.378 e. The van der Waals surface area contributed by atoms with Gasteiger partial charge in [-0.2, -0.15) is 4.31 Å². The molecule has 1 N–H and O–H groups in total. The molecule has 1 aliphatic heterocycles. The molecular formula is C20H24N2O3S. The average Bonchev–Trinajstić information content (AvgIpc) is 2.67. The highest BCUT2D eigenvalue weighted by Crippen LogP contribution is 2.24. The van der Waals surface area contributed by atoms with Crippen molar-refractivity contribution in [1.29, 1.82) is 0 Å². The van der Waals surface area contributed by atoms with E-state index in [-0.39, 0.29) is 17.2 Å². The summed E-state index contributed by atoms with van der Waals surface area (Å²) >= 11 is 0. The van der Waals surface area contributed by atoms with Crippen LogP contribution in [0.5, 0.6) is 0 Å². The lowest BCUT2D eigenvalue weighted by Gasteiger charge is -2.30. The van der Waals surface area contributed by atoms with Crippen molar-refractivity contribution in [2.24, 2.45) is 5.92 Å². The van der Waals surface area contributed by atoms with Gasteiger partial charge < -0.3 is 5.32 Å². The third-order valence-electron chi connectivity index (χ3n) is 4.64. The molecule has 5 nitrogen and oxygen atoms in total. The highest BCUT2D eigenvalue weighted by molar-refractivity contribution is 7.89. The molecule has 0 aromatic heterocycles. The number of benzene rings is 2. The van der Waals surface area contributed by atoms with Crippen molar-refractivity contribution in [3.05, 3.63) is 60.2 Å². The zero-order chi connectivity index (χ0) is 18.6. The van der Waals surface area contributed by atoms with Gasteiger partial charge >= 0.3 is 0 Å². The molecule has 1 saturated heterocycles. The Morgan fingerprint density at radius 1 is 1.15 bits per heavy atom. The quantitative estimate of drug-likeness (QED) is 0.789. The van der Waals surface area contributed by atoms with E-state index in [0.29, 0.717) is 24.6 Å². The van der Waals surface area contributed by atoms with Crippen LogP contribution in [0.15, 0.2) is 59.5 Å². The fraction of sp³-hybridized carbons (Fsp3) is 0.350. The molecule has 1 fully saturated rings. The third kappa shape index (κ3) is 4.31. The Hall–Kier alpha value is -2.18. The number of rotatable bonds is 6. The van der Waals surface area contributed by atoms with Crippen LogP contribution in [-0.4, -0.2) is 38.1 Å². The molecule has 6 heteroatoms. The van der Waals surface area contributed by atoms with Crippen molar-refractivity contribution in [3.63, 3.8) is 0 Å². The van der Waals surface area contributed by atoms with Crippen LogP contribution in [0.4, 0.5) is 5.69 Å². The van der Waals surface area contributed by atoms with Crippen molar-refractivity contribution in [2.45, 2.75) is 24.7 Å². The first-order chi connectivity index (χ1) is 12.5. The van der Waals surface area contributed by atoms with Gasteiger partial charge in [0.1, 0.15) is 0 Å². The van der Waals surface area contributed by atoms with Crippen LogP contribution >= 0.6 is 0 Å². The number of carbonyl (C=O) groups is 1. The zero-order valence-electron chi connectivity index (χ0n) is 14.9. The Morgan fingerprint density at radius 2 is 1.92 bits per heavy atom. The van der Waals surface area contributed by atoms with Crippen molar-refractivity contribution in [3.8, 4) is 0 Å². The van der Waals surface area contributed by atoms with Gasteiger partial charge in [0, 0.05) is 24.3 Å². The lowest BCUT2D eigenvalue weighted by Crippen LogP contribution is -2.39. The van der Waals surface area contributed by atoms with E-state index in [9.17, 15) is 13.2 Å². The Labute approximate surface area is 155 Å². The average molecular weight is 372 g/mol. The highest BCUT2D eigenvalue weighted by atomic mass is 32.2. The maximum Gasteiger partial charge on any atom is 0.243 e. The van der Waals surface area contributed by atoms with Crippen LogP contribution < -0.4 is 5.32 Å². The van der Waals surface area contributed by atoms with E-state index < -0.39 is 10.0 Å². The van der Waals surface area contributed by atoms with Gasteiger partial charge in [0.05, 0.1) is 11.4 Å². The van der Waals surface area contributed by atoms with Gasteiger partial charge in [0.25, 0.3) is 0 Å². The number of carbonyl (C=O) groups excluding carboxylic acids is 1. The van der Waals surface area contributed by atoms with E-state index in [0.717, 1.165) is 18.5 Å². The number of para-hydroxylation sites is 1. The highest BCUT2D eigenvalue weighted by Gasteiger charge is 2.29. The Morgan fingerprint density at radius 3 is 2.65 bits per heavy atom. The van der Waals surface area contributed by atoms with Gasteiger partial charge in [0.2, 0.25) is 10.0 Å². The van der Waals surface area contributed by atoms with E-state index in [1.165, 1.54) is 10.4 Å². The number of anilines is 1. The predicted molar refractivity (Wildman–Crippen MR) is 103 cm³/mol. The molecular weight excluding hydrogens is 348 g/mol. The molecule has 0 amide bonds. The Balaban J connectivity index is 1.74. The summed E-state index contributed by atoms with van der Waals surface area (Å²) in [5.41, 5.74) is 1.26. The summed E-state index contributed by atoms with van der Waals surface area (Å²) in [6.45, 7) is 3.27. The van der Waals surface area contributed by atoms with E-state index >= 15 is 0 Å². The van der Waals surface area contributed by atoms with E-state index in [1.807, 2.05) is 30.3 Å². The molecule has 2 aromatic rings. The van der Waals surface area contributed by atoms with Gasteiger partial charge in [0.15, 0.2) is 5.78 Å². The minimum atomic E-state index is -3.56. The standard InChI is InChI=1S/C20H24N2O3S/c1-16-7-6-12-22(15-16)26(24,25)19-11-5-8-17(13-19)20(23)14-21-18-9-3-2-4-10-18/h2-5,8-11,13,16,21H,6-7,12,14-15H2,1H3. The number of hydrogen-bond acceptors (Lipinski definition) is 4. The van der Waals surface area contributed by atoms with Crippen LogP contribution in [0.25, 0.3) is 0 Å². The summed E-state index contributed by atoms with van der Waals surface area (Å²) in [4.78, 5) is 12.6. The molecule has 0 bridgehead atoms. The summed E-state index contributed by atoms with van der Waals surface area (Å²) in [6.07, 6.45) is 1.93. The maximum atomic E-state index is 12.9. The van der Waals surface area contributed by atoms with Crippen LogP contribution in [0.3, 0.4) is 0 Å². The SMILES string of the molecule is CC1CCCN(S(=O)(=O)c2cccc(C(=O)CNc3ccccc3)c2)C1. The Kier molecular flexibility index (Phi) is 5.74. The normalized spacial score (nSPS) is 18.4. The molecule has 1 atom stereocenters. The van der Waals surface area contributed by atoms with Gasteiger partial charge in [-0.25, -0.2) is 8.42 Å². The molecule has 1 unspecified atom stereocenters. The summed E-state index contributed by atoms with van der Waals surface area (Å²) in [7, 11) is -3.56. The number of Topliss-reactive ketones (excluding diaryl/α,β-unsaturated/α-hetero) is 1. The van der Waals surface area contributed by atoms with Crippen molar-refractivity contribution in [1.82, 2.24) is 4.31 Å². The minimum absolute atomic E-state index is 0.119. The van der Waals surface area contributed by atoms with Crippen LogP contribution in [0.2, 0.25) is 0 Å². The maximum absolute atomic E-state index is 12.9. The fourth-order valence-corrected chi connectivity index (χ4v) is 4.83. The monoisotopic (exact) mass is 372 g/mol. The van der Waals surface area contributed by atoms with Crippen molar-refractivity contribution < 1.29 is 13.2 Å². The van der Waals surface area contributed by atoms with Crippen LogP contribution in [-0.2, 0) is 10.0 Å². The van der Waals surface area contributed by atoms with E-state index in [1.54, 1.807) is 18.2 Å². The summed E-state index contributed by atoms with van der Waals surface area (Å²) in [5, 5.41) is 3.06. The smallest absolute Gasteiger partial charge is 0.243 e. The summed E-state index contributed by atoms with van der Waals surface area (Å²) < 4.78 is 27.3. The third-order valence-corrected chi connectivity index (χ3v) is 6.50. The lowest BCUT2D eigenvalue weighted by atomic mass is 10.0. The first-order valence-electron chi connectivity index (χ1n) is 8.89. The summed E-state index contributed by atoms with van der Waals surface area (Å²) in [6, 6.07) is 15.8. The second kappa shape index (κ2) is 8.01. The molecule has 0 spiro atoms. The van der Waals surface area contributed by atoms with Gasteiger partial charge in [-0.15, -0.1) is 0 Å². The number of nitrogens with one attached hydrogen (secondary N) is 1. The molecule has 26 heavy (non-hydrogen) atoms. The summed E-state index contributed by atoms with van der Waals surface area (Å²) in [5.74, 6) is 0.219. The minimum Gasteiger partial charge on any atom is -0.378 e. The molecule has 0 radical (unpaired) electrons. The zero-order valence-corrected chi connectivity index (χ0v) is 15.7. The van der Waals surface area contributed by atoms with Gasteiger partial charge in [-0.05, 0) is 43.0 Å². The number of ketones is 1. The molecule has 1 aliphatic rings. The number of sulfonamides is 1. The van der Waals surface area contributed by atoms with E-state index in [2.05, 4.69) is 12.2 Å². The number of piperidine rings is 1. The molecule has 0 aliphatic carbocycles. The molecule has 0 saturated carbocycles. The van der Waals surface area contributed by atoms with Crippen LogP contribution in [0, 0.1) is 5.92 Å².